The maximum Gasteiger partial charge on any atom is 0.0694 e. The molecular weight excluding hydrogens is 210 g/mol. The second kappa shape index (κ2) is 3.74. The van der Waals surface area contributed by atoms with Crippen LogP contribution in [0.25, 0.3) is 0 Å². The smallest absolute Gasteiger partial charge is 0.0694 e. The fourth-order valence-corrected chi connectivity index (χ4v) is 3.53. The van der Waals surface area contributed by atoms with Gasteiger partial charge in [0.15, 0.2) is 0 Å². The molecule has 3 rings (SSSR count). The third kappa shape index (κ3) is 1.66. The van der Waals surface area contributed by atoms with Gasteiger partial charge in [-0.05, 0) is 31.0 Å². The monoisotopic (exact) mass is 231 g/mol. The largest absolute Gasteiger partial charge is 0.381 e. The lowest BCUT2D eigenvalue weighted by atomic mass is 9.57. The summed E-state index contributed by atoms with van der Waals surface area (Å²) in [4.78, 5) is 0. The quantitative estimate of drug-likeness (QED) is 0.843. The zero-order valence-electron chi connectivity index (χ0n) is 10.9. The van der Waals surface area contributed by atoms with Crippen molar-refractivity contribution in [2.24, 2.45) is 11.3 Å². The van der Waals surface area contributed by atoms with Crippen molar-refractivity contribution < 1.29 is 4.74 Å². The number of benzene rings is 1. The van der Waals surface area contributed by atoms with Crippen molar-refractivity contribution in [2.75, 3.05) is 11.9 Å². The predicted molar refractivity (Wildman–Crippen MR) is 70.2 cm³/mol. The van der Waals surface area contributed by atoms with Crippen molar-refractivity contribution in [3.05, 3.63) is 29.8 Å². The number of aryl methyl sites for hydroxylation is 1. The van der Waals surface area contributed by atoms with Crippen LogP contribution in [0.1, 0.15) is 25.8 Å². The Morgan fingerprint density at radius 1 is 1.35 bits per heavy atom. The van der Waals surface area contributed by atoms with E-state index in [0.29, 0.717) is 18.1 Å². The molecule has 1 saturated heterocycles. The molecule has 3 atom stereocenters. The van der Waals surface area contributed by atoms with Crippen LogP contribution in [0.15, 0.2) is 24.3 Å². The normalized spacial score (nSPS) is 33.9. The minimum atomic E-state index is 0.255. The molecule has 0 radical (unpaired) electrons. The Bertz CT molecular complexity index is 427. The highest BCUT2D eigenvalue weighted by Crippen LogP contribution is 2.53. The van der Waals surface area contributed by atoms with Crippen LogP contribution in [-0.4, -0.2) is 18.8 Å². The lowest BCUT2D eigenvalue weighted by molar-refractivity contribution is -0.0923. The summed E-state index contributed by atoms with van der Waals surface area (Å²) in [5.74, 6) is 0.700. The molecule has 1 heterocycles. The topological polar surface area (TPSA) is 21.3 Å². The summed E-state index contributed by atoms with van der Waals surface area (Å²) in [6.45, 7) is 7.70. The molecule has 17 heavy (non-hydrogen) atoms. The number of fused-ring (bicyclic) bond motifs is 1. The molecule has 0 aromatic heterocycles. The summed E-state index contributed by atoms with van der Waals surface area (Å²) in [6.07, 6.45) is 1.67. The van der Waals surface area contributed by atoms with Gasteiger partial charge >= 0.3 is 0 Å². The molecule has 2 nitrogen and oxygen atoms in total. The van der Waals surface area contributed by atoms with E-state index in [1.165, 1.54) is 17.7 Å². The van der Waals surface area contributed by atoms with Crippen molar-refractivity contribution in [3.8, 4) is 0 Å². The van der Waals surface area contributed by atoms with Gasteiger partial charge in [-0.2, -0.15) is 0 Å². The van der Waals surface area contributed by atoms with Gasteiger partial charge in [-0.25, -0.2) is 0 Å². The van der Waals surface area contributed by atoms with Gasteiger partial charge in [0, 0.05) is 29.7 Å². The summed E-state index contributed by atoms with van der Waals surface area (Å²) in [6, 6.07) is 9.19. The van der Waals surface area contributed by atoms with Gasteiger partial charge in [0.05, 0.1) is 6.10 Å². The van der Waals surface area contributed by atoms with Crippen LogP contribution >= 0.6 is 0 Å². The molecule has 2 fully saturated rings. The molecule has 0 amide bonds. The second-order valence-corrected chi connectivity index (χ2v) is 6.06. The van der Waals surface area contributed by atoms with Crippen molar-refractivity contribution >= 4 is 5.69 Å². The number of ether oxygens (including phenoxy) is 1. The molecule has 3 unspecified atom stereocenters. The van der Waals surface area contributed by atoms with Crippen LogP contribution < -0.4 is 5.32 Å². The second-order valence-electron chi connectivity index (χ2n) is 6.06. The van der Waals surface area contributed by atoms with E-state index in [2.05, 4.69) is 50.4 Å². The molecule has 1 aromatic rings. The van der Waals surface area contributed by atoms with Gasteiger partial charge in [0.2, 0.25) is 0 Å². The van der Waals surface area contributed by atoms with Crippen LogP contribution in [0.5, 0.6) is 0 Å². The van der Waals surface area contributed by atoms with E-state index in [4.69, 9.17) is 4.74 Å². The highest BCUT2D eigenvalue weighted by molar-refractivity contribution is 5.48. The third-order valence-corrected chi connectivity index (χ3v) is 4.44. The first-order valence-electron chi connectivity index (χ1n) is 6.54. The minimum absolute atomic E-state index is 0.255. The van der Waals surface area contributed by atoms with E-state index in [-0.39, 0.29) is 5.41 Å². The average molecular weight is 231 g/mol. The maximum absolute atomic E-state index is 5.82. The van der Waals surface area contributed by atoms with Gasteiger partial charge < -0.3 is 10.1 Å². The molecule has 92 valence electrons. The van der Waals surface area contributed by atoms with Crippen molar-refractivity contribution in [1.29, 1.82) is 0 Å². The summed E-state index contributed by atoms with van der Waals surface area (Å²) in [7, 11) is 0. The fourth-order valence-electron chi connectivity index (χ4n) is 3.53. The molecule has 0 spiro atoms. The Morgan fingerprint density at radius 3 is 2.94 bits per heavy atom. The highest BCUT2D eigenvalue weighted by Gasteiger charge is 2.59. The first kappa shape index (κ1) is 11.1. The zero-order chi connectivity index (χ0) is 12.0. The van der Waals surface area contributed by atoms with Gasteiger partial charge in [-0.3, -0.25) is 0 Å². The zero-order valence-corrected chi connectivity index (χ0v) is 10.9. The standard InChI is InChI=1S/C15H21NO/c1-10-5-4-6-11(9-10)16-13-12-7-8-17-14(12)15(13,2)3/h4-6,9,12-14,16H,7-8H2,1-3H3. The Balaban J connectivity index is 1.77. The lowest BCUT2D eigenvalue weighted by Crippen LogP contribution is -2.63. The molecule has 0 bridgehead atoms. The van der Waals surface area contributed by atoms with E-state index in [9.17, 15) is 0 Å². The SMILES string of the molecule is Cc1cccc(NC2C3CCOC3C2(C)C)c1. The van der Waals surface area contributed by atoms with Gasteiger partial charge in [0.1, 0.15) is 0 Å². The molecule has 1 aliphatic carbocycles. The van der Waals surface area contributed by atoms with E-state index in [1.807, 2.05) is 0 Å². The van der Waals surface area contributed by atoms with Crippen molar-refractivity contribution in [1.82, 2.24) is 0 Å². The van der Waals surface area contributed by atoms with Gasteiger partial charge in [-0.15, -0.1) is 0 Å². The Labute approximate surface area is 103 Å². The molecule has 2 heteroatoms. The number of rotatable bonds is 2. The Morgan fingerprint density at radius 2 is 2.18 bits per heavy atom. The van der Waals surface area contributed by atoms with E-state index in [0.717, 1.165) is 6.61 Å². The Kier molecular flexibility index (Phi) is 2.44. The third-order valence-electron chi connectivity index (χ3n) is 4.44. The van der Waals surface area contributed by atoms with Crippen molar-refractivity contribution in [3.63, 3.8) is 0 Å². The van der Waals surface area contributed by atoms with E-state index >= 15 is 0 Å². The summed E-state index contributed by atoms with van der Waals surface area (Å²) >= 11 is 0. The van der Waals surface area contributed by atoms with Crippen LogP contribution in [0, 0.1) is 18.3 Å². The van der Waals surface area contributed by atoms with Crippen LogP contribution in [-0.2, 0) is 4.74 Å². The number of hydrogen-bond donors (Lipinski definition) is 1. The summed E-state index contributed by atoms with van der Waals surface area (Å²) in [5, 5.41) is 3.70. The Hall–Kier alpha value is -1.02. The van der Waals surface area contributed by atoms with E-state index < -0.39 is 0 Å². The van der Waals surface area contributed by atoms with Crippen LogP contribution in [0.4, 0.5) is 5.69 Å². The predicted octanol–water partition coefficient (Wildman–Crippen LogP) is 3.22. The molecular formula is C15H21NO. The van der Waals surface area contributed by atoms with Crippen LogP contribution in [0.2, 0.25) is 0 Å². The number of hydrogen-bond acceptors (Lipinski definition) is 2. The van der Waals surface area contributed by atoms with Crippen LogP contribution in [0.3, 0.4) is 0 Å². The first-order valence-corrected chi connectivity index (χ1v) is 6.54. The summed E-state index contributed by atoms with van der Waals surface area (Å²) in [5.41, 5.74) is 2.81. The first-order chi connectivity index (χ1) is 8.09. The lowest BCUT2D eigenvalue weighted by Gasteiger charge is -2.55. The average Bonchev–Trinajstić information content (AvgIpc) is 2.72. The van der Waals surface area contributed by atoms with Crippen molar-refractivity contribution in [2.45, 2.75) is 39.3 Å². The van der Waals surface area contributed by atoms with Gasteiger partial charge in [0.25, 0.3) is 0 Å². The fraction of sp³-hybridized carbons (Fsp3) is 0.600. The highest BCUT2D eigenvalue weighted by atomic mass is 16.5. The number of anilines is 1. The molecule has 1 saturated carbocycles. The summed E-state index contributed by atoms with van der Waals surface area (Å²) < 4.78 is 5.82. The molecule has 2 aliphatic rings. The maximum atomic E-state index is 5.82. The molecule has 1 aliphatic heterocycles. The minimum Gasteiger partial charge on any atom is -0.381 e. The van der Waals surface area contributed by atoms with Gasteiger partial charge in [-0.1, -0.05) is 26.0 Å². The number of nitrogens with one attached hydrogen (secondary N) is 1. The van der Waals surface area contributed by atoms with E-state index in [1.54, 1.807) is 0 Å². The molecule has 1 aromatic carbocycles. The molecule has 1 N–H and O–H groups in total.